The Morgan fingerprint density at radius 2 is 2.17 bits per heavy atom. The highest BCUT2D eigenvalue weighted by molar-refractivity contribution is 5.76. The minimum Gasteiger partial charge on any atom is -0.386 e. The van der Waals surface area contributed by atoms with Gasteiger partial charge in [-0.2, -0.15) is 5.10 Å². The number of carbonyl (C=O) groups excluding carboxylic acids is 1. The third-order valence-electron chi connectivity index (χ3n) is 4.31. The molecule has 0 saturated carbocycles. The van der Waals surface area contributed by atoms with Gasteiger partial charge in [0, 0.05) is 50.8 Å². The summed E-state index contributed by atoms with van der Waals surface area (Å²) < 4.78 is 1.76. The molecule has 1 saturated heterocycles. The SMILES string of the molecule is Cn1nccc1CCC(=O)NC[C@]1(O)CCN(c2ncccn2)C1. The first-order chi connectivity index (χ1) is 11.6. The average molecular weight is 330 g/mol. The molecule has 1 aliphatic rings. The van der Waals surface area contributed by atoms with Crippen LogP contribution in [0.1, 0.15) is 18.5 Å². The zero-order valence-electron chi connectivity index (χ0n) is 13.7. The lowest BCUT2D eigenvalue weighted by atomic mass is 10.0. The normalized spacial score (nSPS) is 20.3. The van der Waals surface area contributed by atoms with Gasteiger partial charge in [0.15, 0.2) is 0 Å². The summed E-state index contributed by atoms with van der Waals surface area (Å²) in [4.78, 5) is 22.3. The molecule has 8 heteroatoms. The lowest BCUT2D eigenvalue weighted by molar-refractivity contribution is -0.122. The molecule has 2 aromatic rings. The van der Waals surface area contributed by atoms with Crippen LogP contribution in [-0.4, -0.2) is 56.0 Å². The van der Waals surface area contributed by atoms with Crippen LogP contribution in [-0.2, 0) is 18.3 Å². The minimum absolute atomic E-state index is 0.0703. The van der Waals surface area contributed by atoms with Crippen molar-refractivity contribution < 1.29 is 9.90 Å². The molecule has 0 spiro atoms. The molecule has 0 unspecified atom stereocenters. The Hall–Kier alpha value is -2.48. The van der Waals surface area contributed by atoms with Crippen molar-refractivity contribution in [2.45, 2.75) is 24.9 Å². The number of hydrogen-bond donors (Lipinski definition) is 2. The van der Waals surface area contributed by atoms with E-state index in [9.17, 15) is 9.90 Å². The second kappa shape index (κ2) is 6.96. The van der Waals surface area contributed by atoms with Gasteiger partial charge in [-0.15, -0.1) is 0 Å². The van der Waals surface area contributed by atoms with Gasteiger partial charge in [0.1, 0.15) is 5.60 Å². The van der Waals surface area contributed by atoms with Crippen molar-refractivity contribution in [3.8, 4) is 0 Å². The predicted octanol–water partition coefficient (Wildman–Crippen LogP) is -0.0997. The van der Waals surface area contributed by atoms with E-state index in [1.165, 1.54) is 0 Å². The molecule has 3 heterocycles. The fraction of sp³-hybridized carbons (Fsp3) is 0.500. The summed E-state index contributed by atoms with van der Waals surface area (Å²) in [6.07, 6.45) is 6.66. The highest BCUT2D eigenvalue weighted by atomic mass is 16.3. The molecule has 1 aliphatic heterocycles. The van der Waals surface area contributed by atoms with Crippen LogP contribution in [0.5, 0.6) is 0 Å². The van der Waals surface area contributed by atoms with Gasteiger partial charge in [-0.1, -0.05) is 0 Å². The topological polar surface area (TPSA) is 96.2 Å². The lowest BCUT2D eigenvalue weighted by Crippen LogP contribution is -2.45. The number of aryl methyl sites for hydroxylation is 2. The maximum Gasteiger partial charge on any atom is 0.225 e. The minimum atomic E-state index is -0.943. The number of aliphatic hydroxyl groups is 1. The van der Waals surface area contributed by atoms with Crippen LogP contribution in [0, 0.1) is 0 Å². The molecular formula is C16H22N6O2. The molecule has 2 aromatic heterocycles. The van der Waals surface area contributed by atoms with Crippen molar-refractivity contribution in [1.82, 2.24) is 25.1 Å². The molecule has 1 fully saturated rings. The second-order valence-electron chi connectivity index (χ2n) is 6.17. The van der Waals surface area contributed by atoms with E-state index >= 15 is 0 Å². The Balaban J connectivity index is 1.46. The summed E-state index contributed by atoms with van der Waals surface area (Å²) in [6.45, 7) is 1.32. The highest BCUT2D eigenvalue weighted by Crippen LogP contribution is 2.23. The van der Waals surface area contributed by atoms with Gasteiger partial charge in [0.25, 0.3) is 0 Å². The van der Waals surface area contributed by atoms with Crippen LogP contribution in [0.25, 0.3) is 0 Å². The van der Waals surface area contributed by atoms with Crippen LogP contribution in [0.3, 0.4) is 0 Å². The number of nitrogens with one attached hydrogen (secondary N) is 1. The van der Waals surface area contributed by atoms with Gasteiger partial charge in [-0.3, -0.25) is 9.48 Å². The van der Waals surface area contributed by atoms with Crippen LogP contribution >= 0.6 is 0 Å². The molecule has 0 bridgehead atoms. The van der Waals surface area contributed by atoms with Gasteiger partial charge in [-0.05, 0) is 25.0 Å². The van der Waals surface area contributed by atoms with E-state index < -0.39 is 5.60 Å². The van der Waals surface area contributed by atoms with E-state index in [2.05, 4.69) is 20.4 Å². The van der Waals surface area contributed by atoms with Crippen LogP contribution in [0.2, 0.25) is 0 Å². The van der Waals surface area contributed by atoms with E-state index in [-0.39, 0.29) is 12.5 Å². The van der Waals surface area contributed by atoms with Crippen LogP contribution < -0.4 is 10.2 Å². The van der Waals surface area contributed by atoms with E-state index in [0.717, 1.165) is 5.69 Å². The zero-order valence-corrected chi connectivity index (χ0v) is 13.7. The van der Waals surface area contributed by atoms with Gasteiger partial charge < -0.3 is 15.3 Å². The molecule has 0 aliphatic carbocycles. The summed E-state index contributed by atoms with van der Waals surface area (Å²) in [6, 6.07) is 3.66. The molecule has 8 nitrogen and oxygen atoms in total. The fourth-order valence-electron chi connectivity index (χ4n) is 2.87. The Morgan fingerprint density at radius 3 is 2.88 bits per heavy atom. The first-order valence-corrected chi connectivity index (χ1v) is 8.04. The fourth-order valence-corrected chi connectivity index (χ4v) is 2.87. The first-order valence-electron chi connectivity index (χ1n) is 8.04. The van der Waals surface area contributed by atoms with Crippen molar-refractivity contribution in [1.29, 1.82) is 0 Å². The molecule has 1 amide bonds. The largest absolute Gasteiger partial charge is 0.386 e. The molecule has 24 heavy (non-hydrogen) atoms. The number of β-amino-alcohol motifs (C(OH)–C–C–N with tert-alkyl or cyclic N) is 1. The van der Waals surface area contributed by atoms with Crippen molar-refractivity contribution in [3.63, 3.8) is 0 Å². The van der Waals surface area contributed by atoms with Crippen molar-refractivity contribution in [3.05, 3.63) is 36.4 Å². The van der Waals surface area contributed by atoms with Gasteiger partial charge in [0.05, 0.1) is 6.54 Å². The van der Waals surface area contributed by atoms with Crippen molar-refractivity contribution in [2.24, 2.45) is 7.05 Å². The molecule has 128 valence electrons. The van der Waals surface area contributed by atoms with Gasteiger partial charge >= 0.3 is 0 Å². The monoisotopic (exact) mass is 330 g/mol. The Bertz CT molecular complexity index is 689. The summed E-state index contributed by atoms with van der Waals surface area (Å²) in [5.41, 5.74) is 0.0682. The number of nitrogens with zero attached hydrogens (tertiary/aromatic N) is 5. The second-order valence-corrected chi connectivity index (χ2v) is 6.17. The van der Waals surface area contributed by atoms with Crippen molar-refractivity contribution in [2.75, 3.05) is 24.5 Å². The molecule has 3 rings (SSSR count). The van der Waals surface area contributed by atoms with E-state index in [0.29, 0.717) is 38.3 Å². The number of anilines is 1. The Morgan fingerprint density at radius 1 is 1.38 bits per heavy atom. The number of hydrogen-bond acceptors (Lipinski definition) is 6. The predicted molar refractivity (Wildman–Crippen MR) is 88.4 cm³/mol. The third-order valence-corrected chi connectivity index (χ3v) is 4.31. The molecule has 0 aromatic carbocycles. The molecule has 2 N–H and O–H groups in total. The summed E-state index contributed by atoms with van der Waals surface area (Å²) >= 11 is 0. The first kappa shape index (κ1) is 16.4. The highest BCUT2D eigenvalue weighted by Gasteiger charge is 2.37. The third kappa shape index (κ3) is 3.88. The van der Waals surface area contributed by atoms with Crippen molar-refractivity contribution >= 4 is 11.9 Å². The Kier molecular flexibility index (Phi) is 4.75. The number of aromatic nitrogens is 4. The number of amides is 1. The number of rotatable bonds is 6. The van der Waals surface area contributed by atoms with Crippen LogP contribution in [0.15, 0.2) is 30.7 Å². The summed E-state index contributed by atoms with van der Waals surface area (Å²) in [5.74, 6) is 0.537. The van der Waals surface area contributed by atoms with Crippen LogP contribution in [0.4, 0.5) is 5.95 Å². The quantitative estimate of drug-likeness (QED) is 0.768. The van der Waals surface area contributed by atoms with E-state index in [4.69, 9.17) is 0 Å². The average Bonchev–Trinajstić information content (AvgIpc) is 3.18. The molecule has 1 atom stereocenters. The smallest absolute Gasteiger partial charge is 0.225 e. The van der Waals surface area contributed by atoms with Gasteiger partial charge in [0.2, 0.25) is 11.9 Å². The maximum atomic E-state index is 12.0. The Labute approximate surface area is 140 Å². The van der Waals surface area contributed by atoms with E-state index in [1.807, 2.05) is 18.0 Å². The molecule has 0 radical (unpaired) electrons. The lowest BCUT2D eigenvalue weighted by Gasteiger charge is -2.23. The van der Waals surface area contributed by atoms with Gasteiger partial charge in [-0.25, -0.2) is 9.97 Å². The van der Waals surface area contributed by atoms with E-state index in [1.54, 1.807) is 29.3 Å². The molecular weight excluding hydrogens is 308 g/mol. The standard InChI is InChI=1S/C16H22N6O2/c1-21-13(5-9-20-21)3-4-14(23)19-11-16(24)6-10-22(12-16)15-17-7-2-8-18-15/h2,5,7-9,24H,3-4,6,10-12H2,1H3,(H,19,23)/t16-/m1/s1. The zero-order chi connectivity index (χ0) is 17.0. The summed E-state index contributed by atoms with van der Waals surface area (Å²) in [5, 5.41) is 17.6. The maximum absolute atomic E-state index is 12.0. The summed E-state index contributed by atoms with van der Waals surface area (Å²) in [7, 11) is 1.86. The number of carbonyl (C=O) groups is 1.